The predicted octanol–water partition coefficient (Wildman–Crippen LogP) is 3.98. The summed E-state index contributed by atoms with van der Waals surface area (Å²) >= 11 is 12.7. The predicted molar refractivity (Wildman–Crippen MR) is 137 cm³/mol. The Morgan fingerprint density at radius 2 is 1.83 bits per heavy atom. The number of hydrogen-bond donors (Lipinski definition) is 1. The minimum atomic E-state index is -0.406. The molecule has 1 aliphatic heterocycles. The molecule has 2 aromatic carbocycles. The van der Waals surface area contributed by atoms with E-state index >= 15 is 0 Å². The highest BCUT2D eigenvalue weighted by Crippen LogP contribution is 2.33. The third-order valence-corrected chi connectivity index (χ3v) is 6.84. The van der Waals surface area contributed by atoms with Gasteiger partial charge in [0.05, 0.1) is 21.7 Å². The van der Waals surface area contributed by atoms with Crippen molar-refractivity contribution in [2.75, 3.05) is 20.2 Å². The number of pyridine rings is 1. The van der Waals surface area contributed by atoms with Gasteiger partial charge in [-0.1, -0.05) is 53.5 Å². The van der Waals surface area contributed by atoms with Gasteiger partial charge in [0.25, 0.3) is 5.56 Å². The molecule has 1 N–H and O–H groups in total. The number of rotatable bonds is 6. The third-order valence-electron chi connectivity index (χ3n) is 6.21. The lowest BCUT2D eigenvalue weighted by Gasteiger charge is -2.15. The minimum absolute atomic E-state index is 0.221. The zero-order chi connectivity index (χ0) is 24.5. The van der Waals surface area contributed by atoms with Crippen LogP contribution in [0.3, 0.4) is 0 Å². The van der Waals surface area contributed by atoms with Crippen molar-refractivity contribution in [3.8, 4) is 11.1 Å². The smallest absolute Gasteiger partial charge is 0.293 e. The lowest BCUT2D eigenvalue weighted by molar-refractivity contribution is 0.168. The molecular formula is C26H24Cl2N4O3. The minimum Gasteiger partial charge on any atom is -0.412 e. The normalized spacial score (nSPS) is 16.2. The zero-order valence-corrected chi connectivity index (χ0v) is 20.6. The molecule has 1 fully saturated rings. The van der Waals surface area contributed by atoms with Crippen molar-refractivity contribution in [2.45, 2.75) is 25.5 Å². The van der Waals surface area contributed by atoms with Crippen LogP contribution < -0.4 is 10.4 Å². The van der Waals surface area contributed by atoms with Crippen LogP contribution in [0.15, 0.2) is 59.5 Å². The molecule has 4 aromatic rings. The molecule has 0 unspecified atom stereocenters. The van der Waals surface area contributed by atoms with Crippen LogP contribution in [0.4, 0.5) is 0 Å². The van der Waals surface area contributed by atoms with Gasteiger partial charge >= 0.3 is 0 Å². The van der Waals surface area contributed by atoms with Gasteiger partial charge in [-0.2, -0.15) is 0 Å². The van der Waals surface area contributed by atoms with Crippen molar-refractivity contribution >= 4 is 34.2 Å². The summed E-state index contributed by atoms with van der Waals surface area (Å²) in [5.74, 6) is 0.571. The Labute approximate surface area is 212 Å². The fourth-order valence-electron chi connectivity index (χ4n) is 4.45. The van der Waals surface area contributed by atoms with Crippen LogP contribution in [-0.4, -0.2) is 51.0 Å². The van der Waals surface area contributed by atoms with Crippen LogP contribution in [-0.2, 0) is 13.0 Å². The van der Waals surface area contributed by atoms with Crippen LogP contribution in [0.2, 0.25) is 10.0 Å². The van der Waals surface area contributed by atoms with E-state index < -0.39 is 5.56 Å². The summed E-state index contributed by atoms with van der Waals surface area (Å²) in [6, 6.07) is 15.1. The first-order chi connectivity index (χ1) is 16.9. The summed E-state index contributed by atoms with van der Waals surface area (Å²) in [6.07, 6.45) is 2.79. The van der Waals surface area contributed by atoms with Crippen molar-refractivity contribution in [1.82, 2.24) is 19.6 Å². The molecule has 35 heavy (non-hydrogen) atoms. The van der Waals surface area contributed by atoms with Gasteiger partial charge < -0.3 is 9.94 Å². The van der Waals surface area contributed by atoms with Crippen LogP contribution in [0.25, 0.3) is 22.2 Å². The highest BCUT2D eigenvalue weighted by atomic mass is 35.5. The highest BCUT2D eigenvalue weighted by Gasteiger charge is 2.20. The molecule has 1 saturated heterocycles. The summed E-state index contributed by atoms with van der Waals surface area (Å²) < 4.78 is 1.14. The summed E-state index contributed by atoms with van der Waals surface area (Å²) in [5.41, 5.74) is 2.98. The Hall–Kier alpha value is -2.97. The van der Waals surface area contributed by atoms with Gasteiger partial charge in [-0.05, 0) is 35.7 Å². The maximum Gasteiger partial charge on any atom is 0.293 e. The quantitative estimate of drug-likeness (QED) is 0.422. The number of hydrogen-bond acceptors (Lipinski definition) is 6. The molecule has 5 rings (SSSR count). The molecule has 180 valence electrons. The molecule has 2 aromatic heterocycles. The Morgan fingerprint density at radius 3 is 2.49 bits per heavy atom. The molecule has 1 atom stereocenters. The van der Waals surface area contributed by atoms with E-state index in [1.165, 1.54) is 12.7 Å². The molecule has 0 amide bonds. The lowest BCUT2D eigenvalue weighted by atomic mass is 10.1. The Balaban J connectivity index is 1.43. The van der Waals surface area contributed by atoms with Gasteiger partial charge in [0, 0.05) is 43.2 Å². The largest absolute Gasteiger partial charge is 0.412 e. The Morgan fingerprint density at radius 1 is 1.11 bits per heavy atom. The van der Waals surface area contributed by atoms with E-state index in [0.717, 1.165) is 36.3 Å². The van der Waals surface area contributed by atoms with Crippen molar-refractivity contribution in [3.05, 3.63) is 92.1 Å². The first-order valence-corrected chi connectivity index (χ1v) is 12.1. The van der Waals surface area contributed by atoms with Crippen LogP contribution >= 0.6 is 23.2 Å². The number of β-amino-alcohol motifs (C(OH)–C–C–N with tert-alkyl or cyclic N) is 1. The fourth-order valence-corrected chi connectivity index (χ4v) is 5.05. The van der Waals surface area contributed by atoms with E-state index in [1.54, 1.807) is 30.5 Å². The molecule has 9 heteroatoms. The second-order valence-corrected chi connectivity index (χ2v) is 9.49. The number of aliphatic hydroxyl groups is 1. The van der Waals surface area contributed by atoms with Gasteiger partial charge in [0.1, 0.15) is 12.9 Å². The fraction of sp³-hybridized carbons (Fsp3) is 0.269. The molecule has 0 radical (unpaired) electrons. The van der Waals surface area contributed by atoms with E-state index in [0.29, 0.717) is 44.5 Å². The molecule has 1 aliphatic rings. The number of likely N-dealkylation sites (tertiary alicyclic amines) is 1. The standard InChI is InChI=1S/C26H24Cl2N4O3/c1-35-32-25-18(12-20(26(32)34)24-21(27)3-2-4-22(24)28)13-29-23(30-25)11-16-5-7-17(8-6-16)14-31-10-9-19(33)15-31/h2-8,12-13,19,33H,9-11,14-15H2,1H3/t19-/m1/s1. The Kier molecular flexibility index (Phi) is 6.75. The van der Waals surface area contributed by atoms with Crippen LogP contribution in [0.5, 0.6) is 0 Å². The van der Waals surface area contributed by atoms with Crippen molar-refractivity contribution < 1.29 is 9.94 Å². The van der Waals surface area contributed by atoms with Gasteiger partial charge in [-0.3, -0.25) is 9.69 Å². The van der Waals surface area contributed by atoms with Crippen LogP contribution in [0.1, 0.15) is 23.4 Å². The number of fused-ring (bicyclic) bond motifs is 1. The second-order valence-electron chi connectivity index (χ2n) is 8.67. The number of halogens is 2. The maximum atomic E-state index is 13.2. The highest BCUT2D eigenvalue weighted by molar-refractivity contribution is 6.39. The van der Waals surface area contributed by atoms with E-state index in [4.69, 9.17) is 28.0 Å². The molecule has 7 nitrogen and oxygen atoms in total. The number of aromatic nitrogens is 3. The van der Waals surface area contributed by atoms with E-state index in [9.17, 15) is 9.90 Å². The average Bonchev–Trinajstić information content (AvgIpc) is 3.25. The third kappa shape index (κ3) is 4.90. The molecule has 3 heterocycles. The van der Waals surface area contributed by atoms with Gasteiger partial charge in [0.2, 0.25) is 0 Å². The average molecular weight is 511 g/mol. The first kappa shape index (κ1) is 23.8. The van der Waals surface area contributed by atoms with Crippen molar-refractivity contribution in [2.24, 2.45) is 0 Å². The van der Waals surface area contributed by atoms with Crippen molar-refractivity contribution in [1.29, 1.82) is 0 Å². The van der Waals surface area contributed by atoms with Gasteiger partial charge in [-0.15, -0.1) is 4.73 Å². The zero-order valence-electron chi connectivity index (χ0n) is 19.1. The lowest BCUT2D eigenvalue weighted by Crippen LogP contribution is -2.27. The summed E-state index contributed by atoms with van der Waals surface area (Å²) in [7, 11) is 1.42. The van der Waals surface area contributed by atoms with Gasteiger partial charge in [0.15, 0.2) is 5.65 Å². The van der Waals surface area contributed by atoms with Gasteiger partial charge in [-0.25, -0.2) is 9.97 Å². The molecule has 0 bridgehead atoms. The maximum absolute atomic E-state index is 13.2. The molecule has 0 saturated carbocycles. The Bertz CT molecular complexity index is 1420. The number of benzene rings is 2. The first-order valence-electron chi connectivity index (χ1n) is 11.3. The van der Waals surface area contributed by atoms with E-state index in [-0.39, 0.29) is 6.10 Å². The summed E-state index contributed by atoms with van der Waals surface area (Å²) in [6.45, 7) is 2.46. The summed E-state index contributed by atoms with van der Waals surface area (Å²) in [4.78, 5) is 30.0. The molecule has 0 aliphatic carbocycles. The van der Waals surface area contributed by atoms with E-state index in [2.05, 4.69) is 39.1 Å². The SMILES string of the molecule is COn1c(=O)c(-c2c(Cl)cccc2Cl)cc2cnc(Cc3ccc(CN4CC[C@@H](O)C4)cc3)nc21. The second kappa shape index (κ2) is 9.95. The topological polar surface area (TPSA) is 80.5 Å². The molecule has 0 spiro atoms. The molecular weight excluding hydrogens is 487 g/mol. The summed E-state index contributed by atoms with van der Waals surface area (Å²) in [5, 5.41) is 11.1. The van der Waals surface area contributed by atoms with Crippen LogP contribution in [0, 0.1) is 0 Å². The van der Waals surface area contributed by atoms with Crippen molar-refractivity contribution in [3.63, 3.8) is 0 Å². The van der Waals surface area contributed by atoms with E-state index in [1.807, 2.05) is 0 Å². The number of aliphatic hydroxyl groups excluding tert-OH is 1. The number of nitrogens with zero attached hydrogens (tertiary/aromatic N) is 4. The monoisotopic (exact) mass is 510 g/mol.